The molecule has 0 aromatic carbocycles. The predicted molar refractivity (Wildman–Crippen MR) is 17.7 cm³/mol. The zero-order valence-corrected chi connectivity index (χ0v) is 6.25. The van der Waals surface area contributed by atoms with Gasteiger partial charge in [0, 0.05) is 4.91 Å². The Bertz CT molecular complexity index is 82.4. The minimum Gasteiger partial charge on any atom is -0.0327 e. The van der Waals surface area contributed by atoms with Gasteiger partial charge in [0.25, 0.3) is 0 Å². The third-order valence-electron chi connectivity index (χ3n) is 0. The van der Waals surface area contributed by atoms with Gasteiger partial charge in [-0.1, -0.05) is 0 Å². The molecule has 0 aromatic heterocycles. The number of hydrogen-bond acceptors (Lipinski definition) is 1. The summed E-state index contributed by atoms with van der Waals surface area (Å²) in [6.07, 6.45) is 0. The first-order chi connectivity index (χ1) is 3.45. The van der Waals surface area contributed by atoms with Crippen LogP contribution in [0.1, 0.15) is 0 Å². The third kappa shape index (κ3) is 87000000. The van der Waals surface area contributed by atoms with Crippen LogP contribution in [0, 0.1) is 4.91 Å². The van der Waals surface area contributed by atoms with Crippen LogP contribution in [-0.4, -0.2) is 19.5 Å². The molecule has 0 radical (unpaired) electrons. The van der Waals surface area contributed by atoms with Gasteiger partial charge in [-0.2, -0.15) is 0 Å². The van der Waals surface area contributed by atoms with E-state index in [1.54, 1.807) is 0 Å². The number of nitroso groups, excluding NO2 is 1. The van der Waals surface area contributed by atoms with Crippen molar-refractivity contribution in [3.05, 3.63) is 4.91 Å². The largest absolute Gasteiger partial charge is 0.0327 e. The van der Waals surface area contributed by atoms with Gasteiger partial charge >= 0.3 is 36.4 Å². The van der Waals surface area contributed by atoms with Gasteiger partial charge in [0.1, 0.15) is 0 Å². The zero-order valence-electron chi connectivity index (χ0n) is 3.70. The maximum Gasteiger partial charge on any atom is 0.0125 e. The molecule has 0 heterocycles. The Kier molecular flexibility index (Phi) is 2.27. The quantitative estimate of drug-likeness (QED) is 0.508. The van der Waals surface area contributed by atoms with E-state index in [1.165, 1.54) is 0 Å². The molecule has 9 heavy (non-hydrogen) atoms. The van der Waals surface area contributed by atoms with Crippen molar-refractivity contribution in [2.45, 2.75) is 0 Å². The van der Waals surface area contributed by atoms with Crippen molar-refractivity contribution in [3.8, 4) is 0 Å². The molecule has 0 amide bonds. The summed E-state index contributed by atoms with van der Waals surface area (Å²) < 4.78 is 59.6. The fourth-order valence-electron chi connectivity index (χ4n) is 0. The molecular weight excluding hydrogens is 266 g/mol. The molecule has 0 aliphatic carbocycles. The summed E-state index contributed by atoms with van der Waals surface area (Å²) in [5, 5.41) is 0. The topological polar surface area (TPSA) is 42.7 Å². The molecule has 0 atom stereocenters. The third-order valence-corrected chi connectivity index (χ3v) is 0. The van der Waals surface area contributed by atoms with Crippen LogP contribution < -0.4 is 5.59 Å². The first-order valence-electron chi connectivity index (χ1n) is 1.25. The Morgan fingerprint density at radius 1 is 0.778 bits per heavy atom. The number of nitrogens with two attached hydrogens (primary N) is 1. The van der Waals surface area contributed by atoms with E-state index in [2.05, 4.69) is 5.59 Å². The molecule has 2 N–H and O–H groups in total. The van der Waals surface area contributed by atoms with Crippen molar-refractivity contribution >= 4 is 19.5 Å². The monoisotopic (exact) mass is 267 g/mol. The van der Waals surface area contributed by atoms with Gasteiger partial charge in [-0.3, -0.25) is 0 Å². The molecule has 0 aliphatic heterocycles. The summed E-state index contributed by atoms with van der Waals surface area (Å²) in [6.45, 7) is 0. The van der Waals surface area contributed by atoms with E-state index in [4.69, 9.17) is 4.91 Å². The van der Waals surface area contributed by atoms with Gasteiger partial charge in [0.2, 0.25) is 0 Å². The molecule has 0 fully saturated rings. The Balaban J connectivity index is 0. The molecule has 9 heteroatoms. The summed E-state index contributed by atoms with van der Waals surface area (Å²) in [4.78, 5) is 7.75. The normalized spacial score (nSPS) is 18.4. The molecule has 0 unspecified atom stereocenters. The average Bonchev–Trinajstić information content (AvgIpc) is 1.30. The summed E-state index contributed by atoms with van der Waals surface area (Å²) in [6, 6.07) is 0. The van der Waals surface area contributed by atoms with Crippen molar-refractivity contribution in [1.29, 1.82) is 0 Å². The molecular formula is H2F6NOSb. The summed E-state index contributed by atoms with van der Waals surface area (Å²) in [5.74, 6) is 0. The van der Waals surface area contributed by atoms with E-state index >= 15 is 0 Å². The summed E-state index contributed by atoms with van der Waals surface area (Å²) in [7, 11) is 0. The standard InChI is InChI=1S/6FH.H2NO.Sb/c;;;;;;1-2;/h6*1H;1H2;/q;;;;;;+1;+5/p-6. The minimum atomic E-state index is -11.2. The molecule has 0 spiro atoms. The van der Waals surface area contributed by atoms with Crippen molar-refractivity contribution in [2.24, 2.45) is 0 Å². The van der Waals surface area contributed by atoms with Gasteiger partial charge in [-0.05, 0) is 5.59 Å². The average molecular weight is 268 g/mol. The van der Waals surface area contributed by atoms with Crippen LogP contribution in [0.4, 0.5) is 16.9 Å². The second-order valence-electron chi connectivity index (χ2n) is 0.958. The molecule has 0 saturated carbocycles. The second-order valence-corrected chi connectivity index (χ2v) is 6.43. The van der Waals surface area contributed by atoms with Gasteiger partial charge in [-0.25, -0.2) is 0 Å². The van der Waals surface area contributed by atoms with E-state index in [9.17, 15) is 16.9 Å². The second kappa shape index (κ2) is 1.74. The molecule has 0 bridgehead atoms. The van der Waals surface area contributed by atoms with Crippen LogP contribution in [0.25, 0.3) is 0 Å². The zero-order chi connectivity index (χ0) is 8.41. The fraction of sp³-hybridized carbons (Fsp3) is 0. The smallest absolute Gasteiger partial charge is 0.0125 e. The molecule has 0 saturated heterocycles. The van der Waals surface area contributed by atoms with Gasteiger partial charge in [-0.15, -0.1) is 0 Å². The van der Waals surface area contributed by atoms with Gasteiger partial charge < -0.3 is 0 Å². The predicted octanol–water partition coefficient (Wildman–Crippen LogP) is 0.652. The van der Waals surface area contributed by atoms with Crippen molar-refractivity contribution in [2.75, 3.05) is 0 Å². The van der Waals surface area contributed by atoms with Crippen LogP contribution in [-0.2, 0) is 0 Å². The maximum atomic E-state index is 9.93. The molecule has 0 rings (SSSR count). The van der Waals surface area contributed by atoms with Gasteiger partial charge in [0.05, 0.1) is 0 Å². The van der Waals surface area contributed by atoms with E-state index in [1.807, 2.05) is 0 Å². The Morgan fingerprint density at radius 3 is 0.778 bits per heavy atom. The maximum absolute atomic E-state index is 11.2. The summed E-state index contributed by atoms with van der Waals surface area (Å²) >= 11 is -11.2. The van der Waals surface area contributed by atoms with Crippen LogP contribution in [0.3, 0.4) is 0 Å². The Morgan fingerprint density at radius 2 is 0.778 bits per heavy atom. The number of hydrogen-bond donors (Lipinski definition) is 1. The number of halogens is 6. The van der Waals surface area contributed by atoms with Crippen molar-refractivity contribution in [3.63, 3.8) is 0 Å². The first-order valence-corrected chi connectivity index (χ1v) is 7.04. The molecule has 0 aliphatic rings. The minimum absolute atomic E-state index is 3.25. The first kappa shape index (κ1) is 11.8. The van der Waals surface area contributed by atoms with Gasteiger partial charge in [0.15, 0.2) is 0 Å². The molecule has 2 nitrogen and oxygen atoms in total. The van der Waals surface area contributed by atoms with Crippen LogP contribution in [0.5, 0.6) is 0 Å². The van der Waals surface area contributed by atoms with E-state index in [0.717, 1.165) is 0 Å². The Labute approximate surface area is 47.5 Å². The van der Waals surface area contributed by atoms with Crippen molar-refractivity contribution in [1.82, 2.24) is 0 Å². The fourth-order valence-corrected chi connectivity index (χ4v) is 0. The van der Waals surface area contributed by atoms with E-state index in [0.29, 0.717) is 0 Å². The van der Waals surface area contributed by atoms with Crippen LogP contribution >= 0.6 is 0 Å². The summed E-state index contributed by atoms with van der Waals surface area (Å²) in [5.41, 5.74) is 3.25. The van der Waals surface area contributed by atoms with Crippen molar-refractivity contribution < 1.29 is 22.5 Å². The number of rotatable bonds is 0. The van der Waals surface area contributed by atoms with Crippen LogP contribution in [0.15, 0.2) is 0 Å². The van der Waals surface area contributed by atoms with E-state index < -0.39 is 19.5 Å². The SMILES string of the molecule is [F][Sb-]([F])([F])([F])([F])[F].[NH2+]=O. The Hall–Kier alpha value is -0.00182. The van der Waals surface area contributed by atoms with E-state index in [-0.39, 0.29) is 0 Å². The molecule has 0 aromatic rings. The van der Waals surface area contributed by atoms with Crippen LogP contribution in [0.2, 0.25) is 0 Å². The molecule has 60 valence electrons.